The van der Waals surface area contributed by atoms with Gasteiger partial charge < -0.3 is 24.4 Å². The second-order valence-electron chi connectivity index (χ2n) is 5.60. The molecule has 1 N–H and O–H groups in total. The van der Waals surface area contributed by atoms with Crippen LogP contribution < -0.4 is 24.4 Å². The first-order valence-corrected chi connectivity index (χ1v) is 8.18. The van der Waals surface area contributed by atoms with Crippen LogP contribution >= 0.6 is 0 Å². The summed E-state index contributed by atoms with van der Waals surface area (Å²) in [7, 11) is 2.99. The molecule has 0 atom stereocenters. The number of rotatable bonds is 5. The Bertz CT molecular complexity index is 828. The third-order valence-corrected chi connectivity index (χ3v) is 4.13. The average Bonchev–Trinajstić information content (AvgIpc) is 2.67. The Morgan fingerprint density at radius 2 is 1.88 bits per heavy atom. The Balaban J connectivity index is 1.92. The molecule has 7 heteroatoms. The van der Waals surface area contributed by atoms with Gasteiger partial charge in [-0.1, -0.05) is 6.07 Å². The summed E-state index contributed by atoms with van der Waals surface area (Å²) in [6, 6.07) is 10.3. The van der Waals surface area contributed by atoms with Crippen molar-refractivity contribution in [3.05, 3.63) is 42.0 Å². The molecule has 0 radical (unpaired) electrons. The lowest BCUT2D eigenvalue weighted by Crippen LogP contribution is -2.38. The monoisotopic (exact) mass is 356 g/mol. The van der Waals surface area contributed by atoms with Crippen LogP contribution in [0.3, 0.4) is 0 Å². The number of methoxy groups -OCH3 is 2. The summed E-state index contributed by atoms with van der Waals surface area (Å²) < 4.78 is 16.0. The van der Waals surface area contributed by atoms with Crippen molar-refractivity contribution < 1.29 is 23.8 Å². The minimum atomic E-state index is -0.370. The van der Waals surface area contributed by atoms with Crippen molar-refractivity contribution in [1.82, 2.24) is 0 Å². The molecule has 136 valence electrons. The van der Waals surface area contributed by atoms with Crippen molar-refractivity contribution in [2.24, 2.45) is 0 Å². The fraction of sp³-hybridized carbons (Fsp3) is 0.263. The number of nitrogens with zero attached hydrogens (tertiary/aromatic N) is 1. The van der Waals surface area contributed by atoms with Gasteiger partial charge in [-0.05, 0) is 37.3 Å². The second kappa shape index (κ2) is 7.35. The van der Waals surface area contributed by atoms with Crippen LogP contribution in [0.25, 0.3) is 0 Å². The van der Waals surface area contributed by atoms with E-state index in [1.165, 1.54) is 14.2 Å². The quantitative estimate of drug-likeness (QED) is 0.891. The van der Waals surface area contributed by atoms with Gasteiger partial charge in [0, 0.05) is 12.2 Å². The van der Waals surface area contributed by atoms with E-state index < -0.39 is 0 Å². The summed E-state index contributed by atoms with van der Waals surface area (Å²) in [4.78, 5) is 26.4. The Morgan fingerprint density at radius 3 is 2.50 bits per heavy atom. The number of ether oxygens (including phenoxy) is 3. The lowest BCUT2D eigenvalue weighted by Gasteiger charge is -2.28. The normalized spacial score (nSPS) is 12.9. The first kappa shape index (κ1) is 17.6. The van der Waals surface area contributed by atoms with Gasteiger partial charge in [0.15, 0.2) is 6.61 Å². The topological polar surface area (TPSA) is 77.1 Å². The van der Waals surface area contributed by atoms with Gasteiger partial charge in [-0.2, -0.15) is 0 Å². The first-order chi connectivity index (χ1) is 12.6. The van der Waals surface area contributed by atoms with Crippen molar-refractivity contribution in [2.75, 3.05) is 37.6 Å². The van der Waals surface area contributed by atoms with E-state index in [1.54, 1.807) is 41.3 Å². The minimum Gasteiger partial charge on any atom is -0.496 e. The zero-order chi connectivity index (χ0) is 18.7. The number of amides is 2. The van der Waals surface area contributed by atoms with E-state index in [0.29, 0.717) is 40.7 Å². The van der Waals surface area contributed by atoms with Crippen LogP contribution in [0.1, 0.15) is 17.3 Å². The van der Waals surface area contributed by atoms with Crippen LogP contribution in [0.15, 0.2) is 36.4 Å². The van der Waals surface area contributed by atoms with Gasteiger partial charge in [-0.3, -0.25) is 9.59 Å². The third-order valence-electron chi connectivity index (χ3n) is 4.13. The Kier molecular flexibility index (Phi) is 4.97. The number of nitrogens with one attached hydrogen (secondary N) is 1. The Morgan fingerprint density at radius 1 is 1.19 bits per heavy atom. The molecular formula is C19H20N2O5. The van der Waals surface area contributed by atoms with Gasteiger partial charge in [0.1, 0.15) is 22.8 Å². The van der Waals surface area contributed by atoms with Crippen LogP contribution in [0.5, 0.6) is 17.2 Å². The van der Waals surface area contributed by atoms with Gasteiger partial charge in [-0.25, -0.2) is 0 Å². The lowest BCUT2D eigenvalue weighted by molar-refractivity contribution is -0.121. The van der Waals surface area contributed by atoms with Crippen molar-refractivity contribution in [3.8, 4) is 17.2 Å². The molecule has 2 aromatic carbocycles. The van der Waals surface area contributed by atoms with Gasteiger partial charge in [-0.15, -0.1) is 0 Å². The highest BCUT2D eigenvalue weighted by atomic mass is 16.5. The Labute approximate surface area is 151 Å². The molecule has 1 heterocycles. The average molecular weight is 356 g/mol. The molecule has 1 aliphatic rings. The molecule has 0 bridgehead atoms. The van der Waals surface area contributed by atoms with Crippen molar-refractivity contribution in [1.29, 1.82) is 0 Å². The zero-order valence-corrected chi connectivity index (χ0v) is 14.9. The smallest absolute Gasteiger partial charge is 0.265 e. The van der Waals surface area contributed by atoms with Gasteiger partial charge in [0.2, 0.25) is 0 Å². The number of benzene rings is 2. The van der Waals surface area contributed by atoms with Gasteiger partial charge in [0.25, 0.3) is 11.8 Å². The van der Waals surface area contributed by atoms with Crippen molar-refractivity contribution in [3.63, 3.8) is 0 Å². The molecule has 0 aromatic heterocycles. The van der Waals surface area contributed by atoms with E-state index in [9.17, 15) is 9.59 Å². The summed E-state index contributed by atoms with van der Waals surface area (Å²) >= 11 is 0. The van der Waals surface area contributed by atoms with E-state index in [2.05, 4.69) is 5.32 Å². The van der Waals surface area contributed by atoms with Crippen LogP contribution in [0, 0.1) is 0 Å². The van der Waals surface area contributed by atoms with Crippen molar-refractivity contribution in [2.45, 2.75) is 6.92 Å². The van der Waals surface area contributed by atoms with E-state index in [0.717, 1.165) is 0 Å². The fourth-order valence-electron chi connectivity index (χ4n) is 2.90. The number of carbonyl (C=O) groups is 2. The highest BCUT2D eigenvalue weighted by molar-refractivity contribution is 6.09. The molecule has 0 fully saturated rings. The molecule has 0 spiro atoms. The van der Waals surface area contributed by atoms with Gasteiger partial charge in [0.05, 0.1) is 19.9 Å². The number of likely N-dealkylation sites (N-methyl/N-ethyl adjacent to an activating group) is 1. The molecule has 7 nitrogen and oxygen atoms in total. The van der Waals surface area contributed by atoms with Crippen molar-refractivity contribution >= 4 is 23.2 Å². The molecule has 0 unspecified atom stereocenters. The molecule has 1 aliphatic heterocycles. The van der Waals surface area contributed by atoms with Gasteiger partial charge >= 0.3 is 0 Å². The zero-order valence-electron chi connectivity index (χ0n) is 14.9. The molecular weight excluding hydrogens is 336 g/mol. The van der Waals surface area contributed by atoms with Crippen LogP contribution in [-0.4, -0.2) is 39.2 Å². The molecule has 26 heavy (non-hydrogen) atoms. The molecule has 2 amide bonds. The summed E-state index contributed by atoms with van der Waals surface area (Å²) in [5.41, 5.74) is 1.47. The number of anilines is 2. The number of hydrogen-bond acceptors (Lipinski definition) is 5. The summed E-state index contributed by atoms with van der Waals surface area (Å²) in [5.74, 6) is 0.946. The van der Waals surface area contributed by atoms with Crippen LogP contribution in [-0.2, 0) is 4.79 Å². The largest absolute Gasteiger partial charge is 0.496 e. The van der Waals surface area contributed by atoms with Crippen LogP contribution in [0.4, 0.5) is 11.4 Å². The molecule has 0 saturated heterocycles. The SMILES string of the molecule is CCN1C(=O)COc2ccc(NC(=O)c3c(OC)cccc3OC)cc21. The van der Waals surface area contributed by atoms with E-state index in [-0.39, 0.29) is 18.4 Å². The number of fused-ring (bicyclic) bond motifs is 1. The highest BCUT2D eigenvalue weighted by Crippen LogP contribution is 2.35. The summed E-state index contributed by atoms with van der Waals surface area (Å²) in [6.45, 7) is 2.43. The molecule has 0 saturated carbocycles. The maximum Gasteiger partial charge on any atom is 0.265 e. The summed E-state index contributed by atoms with van der Waals surface area (Å²) in [6.07, 6.45) is 0. The fourth-order valence-corrected chi connectivity index (χ4v) is 2.90. The predicted molar refractivity (Wildman–Crippen MR) is 97.5 cm³/mol. The van der Waals surface area contributed by atoms with E-state index in [1.807, 2.05) is 6.92 Å². The number of carbonyl (C=O) groups excluding carboxylic acids is 2. The summed E-state index contributed by atoms with van der Waals surface area (Å²) in [5, 5.41) is 2.82. The van der Waals surface area contributed by atoms with Crippen LogP contribution in [0.2, 0.25) is 0 Å². The first-order valence-electron chi connectivity index (χ1n) is 8.18. The lowest BCUT2D eigenvalue weighted by atomic mass is 10.1. The number of hydrogen-bond donors (Lipinski definition) is 1. The standard InChI is InChI=1S/C19H20N2O5/c1-4-21-13-10-12(8-9-14(13)26-11-17(21)22)20-19(23)18-15(24-2)6-5-7-16(18)25-3/h5-10H,4,11H2,1-3H3,(H,20,23). The van der Waals surface area contributed by atoms with E-state index >= 15 is 0 Å². The highest BCUT2D eigenvalue weighted by Gasteiger charge is 2.25. The second-order valence-corrected chi connectivity index (χ2v) is 5.60. The van der Waals surface area contributed by atoms with E-state index in [4.69, 9.17) is 14.2 Å². The maximum absolute atomic E-state index is 12.8. The third kappa shape index (κ3) is 3.15. The minimum absolute atomic E-state index is 0.0188. The molecule has 3 rings (SSSR count). The molecule has 2 aromatic rings. The maximum atomic E-state index is 12.8. The predicted octanol–water partition coefficient (Wildman–Crippen LogP) is 2.70. The molecule has 0 aliphatic carbocycles. The Hall–Kier alpha value is -3.22.